The highest BCUT2D eigenvalue weighted by atomic mass is 16.5. The molecule has 0 unspecified atom stereocenters. The minimum Gasteiger partial charge on any atom is -0.497 e. The number of benzene rings is 1. The van der Waals surface area contributed by atoms with Crippen molar-refractivity contribution in [1.29, 1.82) is 0 Å². The molecule has 0 aliphatic heterocycles. The smallest absolute Gasteiger partial charge is 0.311 e. The van der Waals surface area contributed by atoms with Crippen LogP contribution in [-0.2, 0) is 11.2 Å². The lowest BCUT2D eigenvalue weighted by molar-refractivity contribution is -0.136. The van der Waals surface area contributed by atoms with Crippen molar-refractivity contribution in [2.75, 3.05) is 7.11 Å². The predicted octanol–water partition coefficient (Wildman–Crippen LogP) is 1.48. The maximum Gasteiger partial charge on any atom is 0.311 e. The van der Waals surface area contributed by atoms with E-state index >= 15 is 0 Å². The monoisotopic (exact) mass is 259 g/mol. The normalized spacial score (nSPS) is 10.2. The molecule has 0 atom stereocenters. The Hall–Kier alpha value is -2.50. The third kappa shape index (κ3) is 3.25. The van der Waals surface area contributed by atoms with Crippen LogP contribution in [0.4, 0.5) is 0 Å². The van der Waals surface area contributed by atoms with E-state index in [2.05, 4.69) is 15.0 Å². The molecule has 0 bridgehead atoms. The molecule has 1 aromatic heterocycles. The Bertz CT molecular complexity index is 597. The number of nitrogens with zero attached hydrogens (tertiary/aromatic N) is 3. The molecule has 98 valence electrons. The van der Waals surface area contributed by atoms with Gasteiger partial charge in [-0.3, -0.25) is 4.79 Å². The summed E-state index contributed by atoms with van der Waals surface area (Å²) >= 11 is 0. The number of carbonyl (C=O) groups is 1. The second-order valence-corrected chi connectivity index (χ2v) is 3.92. The third-order valence-corrected chi connectivity index (χ3v) is 2.45. The van der Waals surface area contributed by atoms with Gasteiger partial charge in [0.05, 0.1) is 7.11 Å². The number of methoxy groups -OCH3 is 1. The molecule has 0 saturated carbocycles. The van der Waals surface area contributed by atoms with Gasteiger partial charge in [-0.1, -0.05) is 0 Å². The van der Waals surface area contributed by atoms with Gasteiger partial charge in [-0.25, -0.2) is 15.0 Å². The topological polar surface area (TPSA) is 85.2 Å². The van der Waals surface area contributed by atoms with Gasteiger partial charge in [-0.2, -0.15) is 0 Å². The van der Waals surface area contributed by atoms with Crippen LogP contribution in [0.3, 0.4) is 0 Å². The van der Waals surface area contributed by atoms with Crippen molar-refractivity contribution in [2.45, 2.75) is 13.3 Å². The molecular weight excluding hydrogens is 246 g/mol. The standard InChI is InChI=1S/C13H13N3O3/c1-8-14-11(7-12(17)18)16-13(15-8)9-3-5-10(19-2)6-4-9/h3-6H,7H2,1-2H3,(H,17,18). The van der Waals surface area contributed by atoms with Gasteiger partial charge >= 0.3 is 5.97 Å². The Kier molecular flexibility index (Phi) is 3.70. The zero-order valence-corrected chi connectivity index (χ0v) is 10.6. The third-order valence-electron chi connectivity index (χ3n) is 2.45. The number of aromatic nitrogens is 3. The van der Waals surface area contributed by atoms with E-state index in [1.807, 2.05) is 12.1 Å². The Morgan fingerprint density at radius 3 is 2.47 bits per heavy atom. The Balaban J connectivity index is 2.37. The maximum absolute atomic E-state index is 10.7. The molecule has 6 heteroatoms. The average Bonchev–Trinajstić information content (AvgIpc) is 2.37. The number of aliphatic carboxylic acids is 1. The summed E-state index contributed by atoms with van der Waals surface area (Å²) in [6.45, 7) is 1.71. The lowest BCUT2D eigenvalue weighted by atomic mass is 10.2. The molecular formula is C13H13N3O3. The van der Waals surface area contributed by atoms with Crippen LogP contribution in [0.2, 0.25) is 0 Å². The molecule has 2 aromatic rings. The molecule has 1 heterocycles. The molecule has 0 radical (unpaired) electrons. The van der Waals surface area contributed by atoms with Crippen LogP contribution in [-0.4, -0.2) is 33.1 Å². The minimum atomic E-state index is -0.966. The fourth-order valence-electron chi connectivity index (χ4n) is 1.62. The molecule has 0 aliphatic rings. The summed E-state index contributed by atoms with van der Waals surface area (Å²) in [4.78, 5) is 23.1. The molecule has 1 N–H and O–H groups in total. The Labute approximate surface area is 110 Å². The molecule has 6 nitrogen and oxygen atoms in total. The number of carboxylic acids is 1. The van der Waals surface area contributed by atoms with E-state index < -0.39 is 5.97 Å². The fraction of sp³-hybridized carbons (Fsp3) is 0.231. The summed E-state index contributed by atoms with van der Waals surface area (Å²) in [5.74, 6) is 0.987. The molecule has 19 heavy (non-hydrogen) atoms. The number of carboxylic acid groups (broad SMARTS) is 1. The highest BCUT2D eigenvalue weighted by molar-refractivity contribution is 5.69. The van der Waals surface area contributed by atoms with Crippen molar-refractivity contribution in [2.24, 2.45) is 0 Å². The highest BCUT2D eigenvalue weighted by Gasteiger charge is 2.09. The van der Waals surface area contributed by atoms with Crippen molar-refractivity contribution in [3.05, 3.63) is 35.9 Å². The molecule has 0 aliphatic carbocycles. The number of hydrogen-bond acceptors (Lipinski definition) is 5. The Morgan fingerprint density at radius 2 is 1.89 bits per heavy atom. The van der Waals surface area contributed by atoms with Crippen molar-refractivity contribution in [3.63, 3.8) is 0 Å². The summed E-state index contributed by atoms with van der Waals surface area (Å²) in [7, 11) is 1.59. The maximum atomic E-state index is 10.7. The number of aryl methyl sites for hydroxylation is 1. The van der Waals surface area contributed by atoms with Gasteiger partial charge in [-0.15, -0.1) is 0 Å². The second-order valence-electron chi connectivity index (χ2n) is 3.92. The first kappa shape index (κ1) is 12.9. The van der Waals surface area contributed by atoms with Gasteiger partial charge < -0.3 is 9.84 Å². The summed E-state index contributed by atoms with van der Waals surface area (Å²) in [5.41, 5.74) is 0.790. The van der Waals surface area contributed by atoms with Crippen LogP contribution in [0.5, 0.6) is 5.75 Å². The number of hydrogen-bond donors (Lipinski definition) is 1. The fourth-order valence-corrected chi connectivity index (χ4v) is 1.62. The van der Waals surface area contributed by atoms with E-state index in [4.69, 9.17) is 9.84 Å². The molecule has 2 rings (SSSR count). The summed E-state index contributed by atoms with van der Waals surface area (Å²) in [5, 5.41) is 8.77. The van der Waals surface area contributed by atoms with Crippen LogP contribution < -0.4 is 4.74 Å². The SMILES string of the molecule is COc1ccc(-c2nc(C)nc(CC(=O)O)n2)cc1. The number of rotatable bonds is 4. The van der Waals surface area contributed by atoms with Gasteiger partial charge in [-0.05, 0) is 31.2 Å². The molecule has 0 amide bonds. The molecule has 1 aromatic carbocycles. The van der Waals surface area contributed by atoms with Gasteiger partial charge in [0, 0.05) is 5.56 Å². The van der Waals surface area contributed by atoms with Gasteiger partial charge in [0.2, 0.25) is 0 Å². The van der Waals surface area contributed by atoms with Gasteiger partial charge in [0.1, 0.15) is 23.8 Å². The molecule has 0 fully saturated rings. The first-order valence-electron chi connectivity index (χ1n) is 5.66. The Morgan fingerprint density at radius 1 is 1.21 bits per heavy atom. The second kappa shape index (κ2) is 5.43. The van der Waals surface area contributed by atoms with Crippen LogP contribution in [0.1, 0.15) is 11.6 Å². The average molecular weight is 259 g/mol. The summed E-state index contributed by atoms with van der Waals surface area (Å²) < 4.78 is 5.07. The van der Waals surface area contributed by atoms with Crippen molar-refractivity contribution in [1.82, 2.24) is 15.0 Å². The highest BCUT2D eigenvalue weighted by Crippen LogP contribution is 2.19. The summed E-state index contributed by atoms with van der Waals surface area (Å²) in [6, 6.07) is 7.23. The van der Waals surface area contributed by atoms with Crippen LogP contribution >= 0.6 is 0 Å². The predicted molar refractivity (Wildman–Crippen MR) is 67.9 cm³/mol. The van der Waals surface area contributed by atoms with E-state index in [9.17, 15) is 4.79 Å². The van der Waals surface area contributed by atoms with E-state index in [0.717, 1.165) is 11.3 Å². The quantitative estimate of drug-likeness (QED) is 0.895. The van der Waals surface area contributed by atoms with Crippen LogP contribution in [0.15, 0.2) is 24.3 Å². The first-order valence-corrected chi connectivity index (χ1v) is 5.66. The lowest BCUT2D eigenvalue weighted by Gasteiger charge is -2.05. The largest absolute Gasteiger partial charge is 0.497 e. The first-order chi connectivity index (χ1) is 9.08. The summed E-state index contributed by atoms with van der Waals surface area (Å²) in [6.07, 6.45) is -0.216. The zero-order chi connectivity index (χ0) is 13.8. The van der Waals surface area contributed by atoms with E-state index in [0.29, 0.717) is 11.6 Å². The van der Waals surface area contributed by atoms with Crippen LogP contribution in [0.25, 0.3) is 11.4 Å². The molecule has 0 spiro atoms. The number of ether oxygens (including phenoxy) is 1. The van der Waals surface area contributed by atoms with Gasteiger partial charge in [0.25, 0.3) is 0 Å². The van der Waals surface area contributed by atoms with Gasteiger partial charge in [0.15, 0.2) is 5.82 Å². The lowest BCUT2D eigenvalue weighted by Crippen LogP contribution is -2.08. The zero-order valence-electron chi connectivity index (χ0n) is 10.6. The molecule has 0 saturated heterocycles. The van der Waals surface area contributed by atoms with E-state index in [1.165, 1.54) is 0 Å². The van der Waals surface area contributed by atoms with Crippen molar-refractivity contribution >= 4 is 5.97 Å². The minimum absolute atomic E-state index is 0.216. The van der Waals surface area contributed by atoms with E-state index in [1.54, 1.807) is 26.2 Å². The van der Waals surface area contributed by atoms with E-state index in [-0.39, 0.29) is 12.2 Å². The van der Waals surface area contributed by atoms with Crippen molar-refractivity contribution < 1.29 is 14.6 Å². The van der Waals surface area contributed by atoms with Crippen LogP contribution in [0, 0.1) is 6.92 Å². The van der Waals surface area contributed by atoms with Crippen molar-refractivity contribution in [3.8, 4) is 17.1 Å².